The highest BCUT2D eigenvalue weighted by Crippen LogP contribution is 2.41. The summed E-state index contributed by atoms with van der Waals surface area (Å²) < 4.78 is 27.6. The zero-order valence-corrected chi connectivity index (χ0v) is 19.9. The van der Waals surface area contributed by atoms with Crippen molar-refractivity contribution in [2.24, 2.45) is 0 Å². The van der Waals surface area contributed by atoms with Gasteiger partial charge < -0.3 is 10.2 Å². The maximum absolute atomic E-state index is 13.2. The molecule has 0 bridgehead atoms. The van der Waals surface area contributed by atoms with Crippen LogP contribution in [-0.4, -0.2) is 43.7 Å². The lowest BCUT2D eigenvalue weighted by atomic mass is 10.0. The van der Waals surface area contributed by atoms with E-state index < -0.39 is 16.1 Å². The van der Waals surface area contributed by atoms with Crippen molar-refractivity contribution in [1.82, 2.24) is 4.31 Å². The summed E-state index contributed by atoms with van der Waals surface area (Å²) in [5, 5.41) is 6.30. The van der Waals surface area contributed by atoms with E-state index in [0.29, 0.717) is 37.2 Å². The van der Waals surface area contributed by atoms with Gasteiger partial charge in [-0.3, -0.25) is 9.59 Å². The summed E-state index contributed by atoms with van der Waals surface area (Å²) in [7, 11) is -3.71. The molecule has 9 heteroatoms. The maximum atomic E-state index is 13.2. The van der Waals surface area contributed by atoms with Crippen molar-refractivity contribution in [2.45, 2.75) is 42.9 Å². The van der Waals surface area contributed by atoms with Crippen LogP contribution in [0.25, 0.3) is 10.8 Å². The van der Waals surface area contributed by atoms with Crippen molar-refractivity contribution in [3.63, 3.8) is 0 Å². The summed E-state index contributed by atoms with van der Waals surface area (Å²) in [6, 6.07) is 11.7. The van der Waals surface area contributed by atoms with Crippen LogP contribution in [0.3, 0.4) is 0 Å². The predicted molar refractivity (Wildman–Crippen MR) is 130 cm³/mol. The van der Waals surface area contributed by atoms with Crippen LogP contribution in [0.1, 0.15) is 43.0 Å². The first-order valence-corrected chi connectivity index (χ1v) is 13.5. The van der Waals surface area contributed by atoms with Crippen molar-refractivity contribution in [2.75, 3.05) is 23.3 Å². The molecule has 1 atom stereocenters. The number of hydrogen-bond donors (Lipinski definition) is 1. The second kappa shape index (κ2) is 8.55. The second-order valence-electron chi connectivity index (χ2n) is 8.37. The standard InChI is InChI=1S/C24H25N3O4S2/c1-2-3-13-26-19-12-11-18(16-7-4-8-17(22(16)19)24(26)29)25-23(28)20-9-5-14-27(20)33(30,31)21-10-6-15-32-21/h4,6-8,10-12,15,20H,2-3,5,9,13-14H2,1H3,(H,25,28). The number of benzene rings is 2. The normalized spacial score (nSPS) is 18.4. The minimum atomic E-state index is -3.71. The van der Waals surface area contributed by atoms with Gasteiger partial charge in [0.05, 0.1) is 5.69 Å². The average molecular weight is 484 g/mol. The Balaban J connectivity index is 1.45. The van der Waals surface area contributed by atoms with Crippen molar-refractivity contribution < 1.29 is 18.0 Å². The molecule has 2 aliphatic rings. The number of sulfonamides is 1. The van der Waals surface area contributed by atoms with E-state index in [4.69, 9.17) is 0 Å². The molecule has 0 aliphatic carbocycles. The van der Waals surface area contributed by atoms with Gasteiger partial charge >= 0.3 is 0 Å². The molecule has 1 N–H and O–H groups in total. The molecule has 5 rings (SSSR count). The van der Waals surface area contributed by atoms with E-state index in [1.165, 1.54) is 4.31 Å². The fourth-order valence-electron chi connectivity index (χ4n) is 4.73. The summed E-state index contributed by atoms with van der Waals surface area (Å²) in [6.45, 7) is 3.07. The van der Waals surface area contributed by atoms with Gasteiger partial charge in [-0.05, 0) is 48.9 Å². The lowest BCUT2D eigenvalue weighted by molar-refractivity contribution is -0.119. The molecule has 1 unspecified atom stereocenters. The Morgan fingerprint density at radius 3 is 2.79 bits per heavy atom. The molecule has 172 valence electrons. The molecule has 3 heterocycles. The first kappa shape index (κ1) is 22.1. The van der Waals surface area contributed by atoms with E-state index in [2.05, 4.69) is 12.2 Å². The lowest BCUT2D eigenvalue weighted by Gasteiger charge is -2.23. The number of unbranched alkanes of at least 4 members (excludes halogenated alkanes) is 1. The topological polar surface area (TPSA) is 86.8 Å². The van der Waals surface area contributed by atoms with E-state index in [1.54, 1.807) is 22.4 Å². The molecule has 33 heavy (non-hydrogen) atoms. The molecular weight excluding hydrogens is 458 g/mol. The molecule has 7 nitrogen and oxygen atoms in total. The van der Waals surface area contributed by atoms with Gasteiger partial charge in [-0.25, -0.2) is 8.42 Å². The highest BCUT2D eigenvalue weighted by atomic mass is 32.2. The molecule has 2 aromatic carbocycles. The fraction of sp³-hybridized carbons (Fsp3) is 0.333. The van der Waals surface area contributed by atoms with Crippen LogP contribution in [0.5, 0.6) is 0 Å². The van der Waals surface area contributed by atoms with Crippen LogP contribution < -0.4 is 10.2 Å². The zero-order chi connectivity index (χ0) is 23.2. The van der Waals surface area contributed by atoms with E-state index in [1.807, 2.05) is 30.3 Å². The van der Waals surface area contributed by atoms with Gasteiger partial charge in [0.25, 0.3) is 15.9 Å². The quantitative estimate of drug-likeness (QED) is 0.538. The monoisotopic (exact) mass is 483 g/mol. The Hall–Kier alpha value is -2.75. The molecule has 3 aromatic rings. The van der Waals surface area contributed by atoms with Crippen LogP contribution in [-0.2, 0) is 14.8 Å². The smallest absolute Gasteiger partial charge is 0.258 e. The van der Waals surface area contributed by atoms with E-state index >= 15 is 0 Å². The van der Waals surface area contributed by atoms with Crippen LogP contribution in [0.2, 0.25) is 0 Å². The van der Waals surface area contributed by atoms with Gasteiger partial charge in [0.2, 0.25) is 5.91 Å². The third-order valence-electron chi connectivity index (χ3n) is 6.34. The van der Waals surface area contributed by atoms with Crippen molar-refractivity contribution >= 4 is 55.3 Å². The Labute approximate surface area is 197 Å². The average Bonchev–Trinajstić information content (AvgIpc) is 3.56. The third-order valence-corrected chi connectivity index (χ3v) is 9.62. The minimum Gasteiger partial charge on any atom is -0.324 e. The van der Waals surface area contributed by atoms with Crippen molar-refractivity contribution in [3.05, 3.63) is 53.4 Å². The van der Waals surface area contributed by atoms with Crippen LogP contribution in [0.4, 0.5) is 11.4 Å². The molecule has 0 spiro atoms. The summed E-state index contributed by atoms with van der Waals surface area (Å²) in [4.78, 5) is 28.0. The van der Waals surface area contributed by atoms with E-state index in [9.17, 15) is 18.0 Å². The number of carbonyl (C=O) groups is 2. The SMILES string of the molecule is CCCCN1C(=O)c2cccc3c(NC(=O)C4CCCN4S(=O)(=O)c4cccs4)ccc1c23. The van der Waals surface area contributed by atoms with E-state index in [-0.39, 0.29) is 16.0 Å². The second-order valence-corrected chi connectivity index (χ2v) is 11.4. The lowest BCUT2D eigenvalue weighted by Crippen LogP contribution is -2.42. The Bertz CT molecular complexity index is 1340. The summed E-state index contributed by atoms with van der Waals surface area (Å²) in [6.07, 6.45) is 3.01. The first-order chi connectivity index (χ1) is 15.9. The van der Waals surface area contributed by atoms with Crippen LogP contribution >= 0.6 is 11.3 Å². The molecule has 0 radical (unpaired) electrons. The third kappa shape index (κ3) is 3.64. The molecule has 1 aromatic heterocycles. The summed E-state index contributed by atoms with van der Waals surface area (Å²) in [5.74, 6) is -0.364. The van der Waals surface area contributed by atoms with Crippen LogP contribution in [0, 0.1) is 0 Å². The van der Waals surface area contributed by atoms with Gasteiger partial charge in [-0.1, -0.05) is 31.5 Å². The highest BCUT2D eigenvalue weighted by Gasteiger charge is 2.40. The minimum absolute atomic E-state index is 0.0171. The number of amides is 2. The molecule has 0 saturated carbocycles. The number of rotatable bonds is 7. The number of hydrogen-bond acceptors (Lipinski definition) is 5. The van der Waals surface area contributed by atoms with Crippen molar-refractivity contribution in [3.8, 4) is 0 Å². The number of thiophene rings is 1. The van der Waals surface area contributed by atoms with Crippen LogP contribution in [0.15, 0.2) is 52.1 Å². The number of nitrogens with one attached hydrogen (secondary N) is 1. The Kier molecular flexibility index (Phi) is 5.72. The molecule has 1 saturated heterocycles. The molecular formula is C24H25N3O4S2. The summed E-state index contributed by atoms with van der Waals surface area (Å²) in [5.41, 5.74) is 2.09. The Morgan fingerprint density at radius 1 is 1.18 bits per heavy atom. The van der Waals surface area contributed by atoms with Gasteiger partial charge in [0.1, 0.15) is 10.3 Å². The van der Waals surface area contributed by atoms with Gasteiger partial charge in [0.15, 0.2) is 0 Å². The van der Waals surface area contributed by atoms with Gasteiger partial charge in [0, 0.05) is 35.1 Å². The van der Waals surface area contributed by atoms with E-state index in [0.717, 1.165) is 40.6 Å². The number of carbonyl (C=O) groups excluding carboxylic acids is 2. The number of anilines is 2. The maximum Gasteiger partial charge on any atom is 0.258 e. The molecule has 1 fully saturated rings. The van der Waals surface area contributed by atoms with Crippen molar-refractivity contribution in [1.29, 1.82) is 0 Å². The van der Waals surface area contributed by atoms with Gasteiger partial charge in [-0.15, -0.1) is 11.3 Å². The zero-order valence-electron chi connectivity index (χ0n) is 18.3. The van der Waals surface area contributed by atoms with Gasteiger partial charge in [-0.2, -0.15) is 4.31 Å². The fourth-order valence-corrected chi connectivity index (χ4v) is 7.50. The Morgan fingerprint density at radius 2 is 2.03 bits per heavy atom. The first-order valence-electron chi connectivity index (χ1n) is 11.2. The molecule has 2 amide bonds. The largest absolute Gasteiger partial charge is 0.324 e. The highest BCUT2D eigenvalue weighted by molar-refractivity contribution is 7.91. The number of nitrogens with zero attached hydrogens (tertiary/aromatic N) is 2. The predicted octanol–water partition coefficient (Wildman–Crippen LogP) is 4.45. The summed E-state index contributed by atoms with van der Waals surface area (Å²) >= 11 is 1.15. The molecule has 2 aliphatic heterocycles.